The Bertz CT molecular complexity index is 284. The second kappa shape index (κ2) is 5.29. The summed E-state index contributed by atoms with van der Waals surface area (Å²) in [7, 11) is 2.01. The average Bonchev–Trinajstić information content (AvgIpc) is 2.67. The Balaban J connectivity index is 1.76. The molecule has 0 radical (unpaired) electrons. The van der Waals surface area contributed by atoms with E-state index >= 15 is 0 Å². The van der Waals surface area contributed by atoms with Crippen LogP contribution in [0.15, 0.2) is 24.3 Å². The molecule has 1 aromatic rings. The number of hydrogen-bond acceptors (Lipinski definition) is 2. The Morgan fingerprint density at radius 2 is 1.80 bits per heavy atom. The summed E-state index contributed by atoms with van der Waals surface area (Å²) in [5, 5.41) is 6.79. The summed E-state index contributed by atoms with van der Waals surface area (Å²) in [5.41, 5.74) is 3.06. The van der Waals surface area contributed by atoms with Crippen LogP contribution in [0.1, 0.15) is 17.5 Å². The van der Waals surface area contributed by atoms with E-state index in [1.54, 1.807) is 0 Å². The lowest BCUT2D eigenvalue weighted by atomic mass is 10.1. The molecular formula is C13H20N2. The molecule has 0 atom stereocenters. The minimum atomic E-state index is 0.666. The number of fused-ring (bicyclic) bond motifs is 1. The first-order valence-electron chi connectivity index (χ1n) is 5.85. The highest BCUT2D eigenvalue weighted by atomic mass is 14.9. The van der Waals surface area contributed by atoms with Crippen LogP contribution in [0, 0.1) is 0 Å². The van der Waals surface area contributed by atoms with Gasteiger partial charge < -0.3 is 10.6 Å². The van der Waals surface area contributed by atoms with Gasteiger partial charge in [0.2, 0.25) is 0 Å². The van der Waals surface area contributed by atoms with E-state index in [1.165, 1.54) is 30.4 Å². The topological polar surface area (TPSA) is 24.1 Å². The van der Waals surface area contributed by atoms with Crippen LogP contribution < -0.4 is 10.6 Å². The van der Waals surface area contributed by atoms with Gasteiger partial charge in [-0.1, -0.05) is 24.3 Å². The first-order valence-corrected chi connectivity index (χ1v) is 5.85. The Labute approximate surface area is 92.1 Å². The average molecular weight is 204 g/mol. The highest BCUT2D eigenvalue weighted by Gasteiger charge is 2.19. The molecule has 0 saturated carbocycles. The molecule has 0 fully saturated rings. The largest absolute Gasteiger partial charge is 0.320 e. The molecule has 0 bridgehead atoms. The van der Waals surface area contributed by atoms with Gasteiger partial charge in [0.15, 0.2) is 0 Å². The summed E-state index contributed by atoms with van der Waals surface area (Å²) < 4.78 is 0. The zero-order valence-corrected chi connectivity index (χ0v) is 9.42. The molecule has 2 heteroatoms. The van der Waals surface area contributed by atoms with Crippen LogP contribution in [0.5, 0.6) is 0 Å². The smallest absolute Gasteiger partial charge is 0.0148 e. The molecule has 0 aromatic heterocycles. The third-order valence-electron chi connectivity index (χ3n) is 3.09. The molecule has 0 aliphatic heterocycles. The Kier molecular flexibility index (Phi) is 3.75. The lowest BCUT2D eigenvalue weighted by Gasteiger charge is -2.11. The van der Waals surface area contributed by atoms with Crippen LogP contribution in [-0.2, 0) is 12.8 Å². The van der Waals surface area contributed by atoms with Crippen molar-refractivity contribution >= 4 is 0 Å². The van der Waals surface area contributed by atoms with Gasteiger partial charge in [-0.25, -0.2) is 0 Å². The van der Waals surface area contributed by atoms with Gasteiger partial charge in [0.05, 0.1) is 0 Å². The number of rotatable bonds is 5. The summed E-state index contributed by atoms with van der Waals surface area (Å²) >= 11 is 0. The van der Waals surface area contributed by atoms with Crippen molar-refractivity contribution in [3.8, 4) is 0 Å². The predicted octanol–water partition coefficient (Wildman–Crippen LogP) is 1.35. The molecule has 0 saturated heterocycles. The van der Waals surface area contributed by atoms with Crippen molar-refractivity contribution in [2.75, 3.05) is 20.1 Å². The van der Waals surface area contributed by atoms with Crippen LogP contribution in [0.25, 0.3) is 0 Å². The molecule has 1 aliphatic carbocycles. The third kappa shape index (κ3) is 2.80. The van der Waals surface area contributed by atoms with E-state index < -0.39 is 0 Å². The van der Waals surface area contributed by atoms with E-state index in [2.05, 4.69) is 34.9 Å². The number of nitrogens with one attached hydrogen (secondary N) is 2. The van der Waals surface area contributed by atoms with Crippen LogP contribution >= 0.6 is 0 Å². The van der Waals surface area contributed by atoms with Crippen LogP contribution in [0.3, 0.4) is 0 Å². The summed E-state index contributed by atoms with van der Waals surface area (Å²) in [5.74, 6) is 0. The first-order chi connectivity index (χ1) is 7.40. The maximum Gasteiger partial charge on any atom is 0.0148 e. The number of benzene rings is 1. The molecule has 1 aliphatic rings. The number of hydrogen-bond donors (Lipinski definition) is 2. The molecule has 2 N–H and O–H groups in total. The molecule has 2 nitrogen and oxygen atoms in total. The van der Waals surface area contributed by atoms with Crippen molar-refractivity contribution in [2.45, 2.75) is 25.3 Å². The van der Waals surface area contributed by atoms with Gasteiger partial charge in [-0.05, 0) is 50.5 Å². The van der Waals surface area contributed by atoms with Gasteiger partial charge in [-0.3, -0.25) is 0 Å². The van der Waals surface area contributed by atoms with Crippen molar-refractivity contribution in [3.05, 3.63) is 35.4 Å². The summed E-state index contributed by atoms with van der Waals surface area (Å²) in [6.45, 7) is 2.23. The monoisotopic (exact) mass is 204 g/mol. The van der Waals surface area contributed by atoms with Crippen molar-refractivity contribution in [1.82, 2.24) is 10.6 Å². The second-order valence-electron chi connectivity index (χ2n) is 4.29. The predicted molar refractivity (Wildman–Crippen MR) is 64.2 cm³/mol. The van der Waals surface area contributed by atoms with E-state index in [1.807, 2.05) is 7.05 Å². The summed E-state index contributed by atoms with van der Waals surface area (Å²) in [6, 6.07) is 9.46. The van der Waals surface area contributed by atoms with Gasteiger partial charge in [-0.2, -0.15) is 0 Å². The molecule has 2 rings (SSSR count). The fourth-order valence-electron chi connectivity index (χ4n) is 2.27. The van der Waals surface area contributed by atoms with E-state index in [0.29, 0.717) is 6.04 Å². The quantitative estimate of drug-likeness (QED) is 0.708. The fraction of sp³-hybridized carbons (Fsp3) is 0.538. The van der Waals surface area contributed by atoms with Crippen molar-refractivity contribution in [1.29, 1.82) is 0 Å². The SMILES string of the molecule is CNCCCNC1Cc2ccccc2C1. The normalized spacial score (nSPS) is 15.5. The van der Waals surface area contributed by atoms with E-state index in [4.69, 9.17) is 0 Å². The highest BCUT2D eigenvalue weighted by molar-refractivity contribution is 5.33. The highest BCUT2D eigenvalue weighted by Crippen LogP contribution is 2.21. The van der Waals surface area contributed by atoms with Crippen LogP contribution in [-0.4, -0.2) is 26.2 Å². The molecule has 0 unspecified atom stereocenters. The van der Waals surface area contributed by atoms with Crippen molar-refractivity contribution in [3.63, 3.8) is 0 Å². The lowest BCUT2D eigenvalue weighted by molar-refractivity contribution is 0.517. The minimum Gasteiger partial charge on any atom is -0.320 e. The molecule has 0 amide bonds. The fourth-order valence-corrected chi connectivity index (χ4v) is 2.27. The zero-order chi connectivity index (χ0) is 10.5. The summed E-state index contributed by atoms with van der Waals surface area (Å²) in [4.78, 5) is 0. The van der Waals surface area contributed by atoms with Crippen LogP contribution in [0.4, 0.5) is 0 Å². The summed E-state index contributed by atoms with van der Waals surface area (Å²) in [6.07, 6.45) is 3.62. The molecule has 1 aromatic carbocycles. The minimum absolute atomic E-state index is 0.666. The van der Waals surface area contributed by atoms with E-state index in [-0.39, 0.29) is 0 Å². The molecule has 0 spiro atoms. The Hall–Kier alpha value is -0.860. The first kappa shape index (κ1) is 10.7. The Morgan fingerprint density at radius 1 is 1.13 bits per heavy atom. The van der Waals surface area contributed by atoms with Crippen molar-refractivity contribution < 1.29 is 0 Å². The maximum absolute atomic E-state index is 3.62. The third-order valence-corrected chi connectivity index (χ3v) is 3.09. The van der Waals surface area contributed by atoms with Gasteiger partial charge in [0.1, 0.15) is 0 Å². The maximum atomic E-state index is 3.62. The Morgan fingerprint density at radius 3 is 2.40 bits per heavy atom. The van der Waals surface area contributed by atoms with E-state index in [9.17, 15) is 0 Å². The second-order valence-corrected chi connectivity index (χ2v) is 4.29. The molecule has 0 heterocycles. The van der Waals surface area contributed by atoms with Gasteiger partial charge >= 0.3 is 0 Å². The van der Waals surface area contributed by atoms with Crippen molar-refractivity contribution in [2.24, 2.45) is 0 Å². The molecule has 15 heavy (non-hydrogen) atoms. The standard InChI is InChI=1S/C13H20N2/c1-14-7-4-8-15-13-9-11-5-2-3-6-12(11)10-13/h2-3,5-6,13-15H,4,7-10H2,1H3. The van der Waals surface area contributed by atoms with Gasteiger partial charge in [0.25, 0.3) is 0 Å². The van der Waals surface area contributed by atoms with Gasteiger partial charge in [-0.15, -0.1) is 0 Å². The molecular weight excluding hydrogens is 184 g/mol. The lowest BCUT2D eigenvalue weighted by Crippen LogP contribution is -2.31. The van der Waals surface area contributed by atoms with Gasteiger partial charge in [0, 0.05) is 6.04 Å². The van der Waals surface area contributed by atoms with E-state index in [0.717, 1.165) is 13.1 Å². The molecule has 82 valence electrons. The zero-order valence-electron chi connectivity index (χ0n) is 9.42. The van der Waals surface area contributed by atoms with Crippen LogP contribution in [0.2, 0.25) is 0 Å².